The van der Waals surface area contributed by atoms with Crippen LogP contribution < -0.4 is 5.32 Å². The van der Waals surface area contributed by atoms with E-state index >= 15 is 0 Å². The highest BCUT2D eigenvalue weighted by Crippen LogP contribution is 2.08. The van der Waals surface area contributed by atoms with E-state index in [4.69, 9.17) is 0 Å². The number of fused-ring (bicyclic) bond motifs is 1. The van der Waals surface area contributed by atoms with Crippen molar-refractivity contribution in [2.24, 2.45) is 0 Å². The van der Waals surface area contributed by atoms with Crippen molar-refractivity contribution in [3.05, 3.63) is 54.2 Å². The number of carbonyl (C=O) groups is 1. The summed E-state index contributed by atoms with van der Waals surface area (Å²) in [6, 6.07) is 9.58. The van der Waals surface area contributed by atoms with Crippen LogP contribution in [-0.4, -0.2) is 32.4 Å². The van der Waals surface area contributed by atoms with Crippen molar-refractivity contribution in [1.29, 1.82) is 0 Å². The van der Waals surface area contributed by atoms with Crippen LogP contribution in [0.1, 0.15) is 24.4 Å². The first-order valence-corrected chi connectivity index (χ1v) is 7.77. The third-order valence-corrected chi connectivity index (χ3v) is 3.55. The van der Waals surface area contributed by atoms with Gasteiger partial charge in [0.15, 0.2) is 5.65 Å². The first kappa shape index (κ1) is 15.1. The van der Waals surface area contributed by atoms with Crippen molar-refractivity contribution >= 4 is 17.1 Å². The van der Waals surface area contributed by atoms with Gasteiger partial charge in [0.05, 0.1) is 5.52 Å². The molecule has 0 spiro atoms. The van der Waals surface area contributed by atoms with Gasteiger partial charge in [0, 0.05) is 37.5 Å². The monoisotopic (exact) mass is 309 g/mol. The van der Waals surface area contributed by atoms with Gasteiger partial charge in [0.1, 0.15) is 5.82 Å². The van der Waals surface area contributed by atoms with E-state index in [1.165, 1.54) is 0 Å². The quantitative estimate of drug-likeness (QED) is 0.654. The Kier molecular flexibility index (Phi) is 4.93. The van der Waals surface area contributed by atoms with E-state index in [0.29, 0.717) is 19.4 Å². The Labute approximate surface area is 134 Å². The third-order valence-electron chi connectivity index (χ3n) is 3.55. The van der Waals surface area contributed by atoms with Crippen LogP contribution >= 0.6 is 0 Å². The van der Waals surface area contributed by atoms with E-state index in [0.717, 1.165) is 35.5 Å². The predicted octanol–water partition coefficient (Wildman–Crippen LogP) is 2.03. The maximum atomic E-state index is 11.8. The van der Waals surface area contributed by atoms with Gasteiger partial charge in [-0.15, -0.1) is 0 Å². The second-order valence-electron chi connectivity index (χ2n) is 5.33. The minimum atomic E-state index is 0.0573. The molecule has 0 unspecified atom stereocenters. The van der Waals surface area contributed by atoms with Gasteiger partial charge in [-0.3, -0.25) is 9.78 Å². The minimum Gasteiger partial charge on any atom is -0.356 e. The lowest BCUT2D eigenvalue weighted by atomic mass is 10.2. The highest BCUT2D eigenvalue weighted by atomic mass is 16.1. The molecule has 0 saturated heterocycles. The number of H-pyrrole nitrogens is 1. The molecule has 3 heterocycles. The molecule has 0 aromatic carbocycles. The standard InChI is InChI=1S/C17H19N5O/c23-16(9-8-13-5-1-2-10-18-13)19-11-4-7-15-21-14-6-3-12-20-17(14)22-15/h1-3,5-6,10,12H,4,7-9,11H2,(H,19,23)(H,20,21,22). The van der Waals surface area contributed by atoms with Crippen LogP contribution in [0.15, 0.2) is 42.7 Å². The molecule has 0 bridgehead atoms. The van der Waals surface area contributed by atoms with Crippen molar-refractivity contribution in [2.45, 2.75) is 25.7 Å². The Morgan fingerprint density at radius 2 is 2.00 bits per heavy atom. The highest BCUT2D eigenvalue weighted by molar-refractivity contribution is 5.76. The second kappa shape index (κ2) is 7.49. The van der Waals surface area contributed by atoms with Gasteiger partial charge in [0.25, 0.3) is 0 Å². The Bertz CT molecular complexity index is 736. The Hall–Kier alpha value is -2.76. The number of imidazole rings is 1. The molecule has 118 valence electrons. The van der Waals surface area contributed by atoms with Crippen molar-refractivity contribution < 1.29 is 4.79 Å². The normalized spacial score (nSPS) is 10.8. The number of pyridine rings is 2. The van der Waals surface area contributed by atoms with Crippen LogP contribution in [0.5, 0.6) is 0 Å². The number of hydrogen-bond acceptors (Lipinski definition) is 4. The molecule has 3 aromatic heterocycles. The molecule has 6 nitrogen and oxygen atoms in total. The largest absolute Gasteiger partial charge is 0.356 e. The van der Waals surface area contributed by atoms with Gasteiger partial charge in [-0.1, -0.05) is 6.07 Å². The zero-order chi connectivity index (χ0) is 15.9. The molecular formula is C17H19N5O. The number of nitrogens with zero attached hydrogens (tertiary/aromatic N) is 3. The number of carbonyl (C=O) groups excluding carboxylic acids is 1. The molecule has 3 aromatic rings. The average molecular weight is 309 g/mol. The number of aromatic amines is 1. The summed E-state index contributed by atoms with van der Waals surface area (Å²) < 4.78 is 0. The zero-order valence-corrected chi connectivity index (χ0v) is 12.8. The van der Waals surface area contributed by atoms with Crippen molar-refractivity contribution in [2.75, 3.05) is 6.54 Å². The number of nitrogens with one attached hydrogen (secondary N) is 2. The SMILES string of the molecule is O=C(CCc1ccccn1)NCCCc1nc2ncccc2[nH]1. The highest BCUT2D eigenvalue weighted by Gasteiger charge is 2.05. The van der Waals surface area contributed by atoms with Crippen LogP contribution in [0.2, 0.25) is 0 Å². The van der Waals surface area contributed by atoms with Crippen molar-refractivity contribution in [1.82, 2.24) is 25.3 Å². The maximum absolute atomic E-state index is 11.8. The van der Waals surface area contributed by atoms with E-state index in [2.05, 4.69) is 25.3 Å². The van der Waals surface area contributed by atoms with Gasteiger partial charge >= 0.3 is 0 Å². The van der Waals surface area contributed by atoms with Crippen molar-refractivity contribution in [3.8, 4) is 0 Å². The average Bonchev–Trinajstić information content (AvgIpc) is 3.00. The van der Waals surface area contributed by atoms with E-state index in [-0.39, 0.29) is 5.91 Å². The molecular weight excluding hydrogens is 290 g/mol. The fourth-order valence-corrected chi connectivity index (χ4v) is 2.37. The van der Waals surface area contributed by atoms with E-state index in [9.17, 15) is 4.79 Å². The summed E-state index contributed by atoms with van der Waals surface area (Å²) in [6.45, 7) is 0.644. The molecule has 0 aliphatic carbocycles. The molecule has 0 saturated carbocycles. The van der Waals surface area contributed by atoms with Crippen LogP contribution in [0.4, 0.5) is 0 Å². The fraction of sp³-hybridized carbons (Fsp3) is 0.294. The first-order chi connectivity index (χ1) is 11.3. The van der Waals surface area contributed by atoms with Gasteiger partial charge in [-0.25, -0.2) is 9.97 Å². The molecule has 0 aliphatic rings. The van der Waals surface area contributed by atoms with E-state index in [1.54, 1.807) is 12.4 Å². The summed E-state index contributed by atoms with van der Waals surface area (Å²) in [7, 11) is 0. The summed E-state index contributed by atoms with van der Waals surface area (Å²) in [5, 5.41) is 2.93. The number of aromatic nitrogens is 4. The smallest absolute Gasteiger partial charge is 0.220 e. The van der Waals surface area contributed by atoms with Crippen LogP contribution in [-0.2, 0) is 17.6 Å². The zero-order valence-electron chi connectivity index (χ0n) is 12.8. The lowest BCUT2D eigenvalue weighted by Gasteiger charge is -2.04. The summed E-state index contributed by atoms with van der Waals surface area (Å²) in [5.74, 6) is 0.961. The molecule has 6 heteroatoms. The summed E-state index contributed by atoms with van der Waals surface area (Å²) in [4.78, 5) is 27.9. The minimum absolute atomic E-state index is 0.0573. The van der Waals surface area contributed by atoms with E-state index in [1.807, 2.05) is 30.3 Å². The number of amides is 1. The van der Waals surface area contributed by atoms with Crippen LogP contribution in [0, 0.1) is 0 Å². The van der Waals surface area contributed by atoms with E-state index < -0.39 is 0 Å². The topological polar surface area (TPSA) is 83.6 Å². The lowest BCUT2D eigenvalue weighted by Crippen LogP contribution is -2.25. The molecule has 1 amide bonds. The molecule has 0 atom stereocenters. The van der Waals surface area contributed by atoms with Gasteiger partial charge in [-0.05, 0) is 37.1 Å². The van der Waals surface area contributed by atoms with Crippen LogP contribution in [0.3, 0.4) is 0 Å². The number of rotatable bonds is 7. The molecule has 2 N–H and O–H groups in total. The molecule has 3 rings (SSSR count). The maximum Gasteiger partial charge on any atom is 0.220 e. The predicted molar refractivity (Wildman–Crippen MR) is 87.8 cm³/mol. The number of aryl methyl sites for hydroxylation is 2. The Morgan fingerprint density at radius 3 is 2.83 bits per heavy atom. The molecule has 0 aliphatic heterocycles. The summed E-state index contributed by atoms with van der Waals surface area (Å²) in [5.41, 5.74) is 2.63. The fourth-order valence-electron chi connectivity index (χ4n) is 2.37. The molecule has 23 heavy (non-hydrogen) atoms. The molecule has 0 fully saturated rings. The first-order valence-electron chi connectivity index (χ1n) is 7.77. The van der Waals surface area contributed by atoms with Gasteiger partial charge in [-0.2, -0.15) is 0 Å². The van der Waals surface area contributed by atoms with Crippen LogP contribution in [0.25, 0.3) is 11.2 Å². The third kappa shape index (κ3) is 4.35. The second-order valence-corrected chi connectivity index (χ2v) is 5.33. The number of hydrogen-bond donors (Lipinski definition) is 2. The van der Waals surface area contributed by atoms with Gasteiger partial charge in [0.2, 0.25) is 5.91 Å². The Balaban J connectivity index is 1.37. The lowest BCUT2D eigenvalue weighted by molar-refractivity contribution is -0.121. The Morgan fingerprint density at radius 1 is 1.09 bits per heavy atom. The van der Waals surface area contributed by atoms with Gasteiger partial charge < -0.3 is 10.3 Å². The van der Waals surface area contributed by atoms with Crippen molar-refractivity contribution in [3.63, 3.8) is 0 Å². The molecule has 0 radical (unpaired) electrons. The summed E-state index contributed by atoms with van der Waals surface area (Å²) >= 11 is 0. The summed E-state index contributed by atoms with van der Waals surface area (Å²) in [6.07, 6.45) is 6.24.